The van der Waals surface area contributed by atoms with Gasteiger partial charge < -0.3 is 10.3 Å². The highest BCUT2D eigenvalue weighted by atomic mass is 35.5. The van der Waals surface area contributed by atoms with E-state index in [1.165, 1.54) is 29.6 Å². The maximum atomic E-state index is 13.2. The van der Waals surface area contributed by atoms with E-state index in [9.17, 15) is 13.2 Å². The first-order valence-corrected chi connectivity index (χ1v) is 13.5. The number of aromatic nitrogens is 2. The molecule has 0 unspecified atom stereocenters. The number of anilines is 2. The predicted octanol–water partition coefficient (Wildman–Crippen LogP) is 6.36. The van der Waals surface area contributed by atoms with Gasteiger partial charge in [-0.15, -0.1) is 0 Å². The Balaban J connectivity index is 1.34. The largest absolute Gasteiger partial charge is 0.338 e. The summed E-state index contributed by atoms with van der Waals surface area (Å²) in [6.07, 6.45) is 2.94. The van der Waals surface area contributed by atoms with Crippen LogP contribution < -0.4 is 9.62 Å². The summed E-state index contributed by atoms with van der Waals surface area (Å²) < 4.78 is 27.5. The fourth-order valence-corrected chi connectivity index (χ4v) is 5.33. The maximum absolute atomic E-state index is 13.2. The fraction of sp³-hybridized carbons (Fsp3) is 0.0345. The van der Waals surface area contributed by atoms with Gasteiger partial charge in [0, 0.05) is 23.7 Å². The summed E-state index contributed by atoms with van der Waals surface area (Å²) in [6, 6.07) is 28.0. The van der Waals surface area contributed by atoms with Crippen LogP contribution in [-0.4, -0.2) is 31.3 Å². The van der Waals surface area contributed by atoms with E-state index in [1.54, 1.807) is 48.5 Å². The number of nitrogens with one attached hydrogen (secondary N) is 2. The van der Waals surface area contributed by atoms with Crippen molar-refractivity contribution in [2.45, 2.75) is 4.90 Å². The Morgan fingerprint density at radius 1 is 0.947 bits per heavy atom. The van der Waals surface area contributed by atoms with Crippen molar-refractivity contribution in [1.29, 1.82) is 0 Å². The average molecular weight is 543 g/mol. The molecule has 1 amide bonds. The maximum Gasteiger partial charge on any atom is 0.264 e. The molecule has 0 radical (unpaired) electrons. The number of halogens is 1. The number of carbonyl (C=O) groups excluding carboxylic acids is 1. The molecule has 0 spiro atoms. The Morgan fingerprint density at radius 2 is 1.68 bits per heavy atom. The number of para-hydroxylation sites is 3. The van der Waals surface area contributed by atoms with Crippen molar-refractivity contribution >= 4 is 56.0 Å². The summed E-state index contributed by atoms with van der Waals surface area (Å²) in [4.78, 5) is 20.8. The topological polar surface area (TPSA) is 95.2 Å². The summed E-state index contributed by atoms with van der Waals surface area (Å²) in [7, 11) is -2.34. The number of rotatable bonds is 7. The van der Waals surface area contributed by atoms with Crippen LogP contribution in [-0.2, 0) is 14.8 Å². The number of benzene rings is 4. The molecule has 2 N–H and O–H groups in total. The van der Waals surface area contributed by atoms with E-state index in [4.69, 9.17) is 11.6 Å². The van der Waals surface area contributed by atoms with E-state index in [0.29, 0.717) is 27.8 Å². The highest BCUT2D eigenvalue weighted by molar-refractivity contribution is 7.92. The smallest absolute Gasteiger partial charge is 0.264 e. The molecular formula is C29H23ClN4O3S. The Labute approximate surface area is 225 Å². The minimum Gasteiger partial charge on any atom is -0.338 e. The van der Waals surface area contributed by atoms with Gasteiger partial charge in [0.1, 0.15) is 5.82 Å². The first kappa shape index (κ1) is 25.3. The van der Waals surface area contributed by atoms with Crippen molar-refractivity contribution < 1.29 is 13.2 Å². The van der Waals surface area contributed by atoms with Crippen molar-refractivity contribution in [3.63, 3.8) is 0 Å². The lowest BCUT2D eigenvalue weighted by molar-refractivity contribution is -0.111. The van der Waals surface area contributed by atoms with Gasteiger partial charge in [0.2, 0.25) is 5.91 Å². The summed E-state index contributed by atoms with van der Waals surface area (Å²) in [5.74, 6) is 0.286. The number of hydrogen-bond acceptors (Lipinski definition) is 4. The molecule has 7 nitrogen and oxygen atoms in total. The molecule has 0 bridgehead atoms. The second kappa shape index (κ2) is 10.5. The third kappa shape index (κ3) is 5.32. The van der Waals surface area contributed by atoms with Crippen LogP contribution in [0.3, 0.4) is 0 Å². The Hall–Kier alpha value is -4.40. The molecule has 4 aromatic carbocycles. The quantitative estimate of drug-likeness (QED) is 0.234. The van der Waals surface area contributed by atoms with E-state index < -0.39 is 10.0 Å². The van der Waals surface area contributed by atoms with Crippen molar-refractivity contribution in [2.24, 2.45) is 0 Å². The van der Waals surface area contributed by atoms with Gasteiger partial charge in [-0.05, 0) is 72.3 Å². The molecule has 190 valence electrons. The second-order valence-electron chi connectivity index (χ2n) is 8.49. The van der Waals surface area contributed by atoms with Crippen LogP contribution in [0.15, 0.2) is 108 Å². The van der Waals surface area contributed by atoms with Crippen molar-refractivity contribution in [2.75, 3.05) is 16.7 Å². The van der Waals surface area contributed by atoms with Crippen LogP contribution in [0.2, 0.25) is 5.02 Å². The molecule has 0 saturated heterocycles. The van der Waals surface area contributed by atoms with E-state index >= 15 is 0 Å². The zero-order valence-electron chi connectivity index (χ0n) is 20.3. The van der Waals surface area contributed by atoms with E-state index in [-0.39, 0.29) is 10.8 Å². The molecule has 0 atom stereocenters. The predicted molar refractivity (Wildman–Crippen MR) is 153 cm³/mol. The molecule has 1 aromatic heterocycles. The van der Waals surface area contributed by atoms with Crippen molar-refractivity contribution in [3.8, 4) is 11.4 Å². The molecule has 5 aromatic rings. The van der Waals surface area contributed by atoms with Gasteiger partial charge in [0.05, 0.1) is 27.3 Å². The zero-order chi connectivity index (χ0) is 26.7. The number of fused-ring (bicyclic) bond motifs is 1. The Kier molecular flexibility index (Phi) is 7.00. The fourth-order valence-electron chi connectivity index (χ4n) is 3.95. The Bertz CT molecular complexity index is 1730. The molecular weight excluding hydrogens is 520 g/mol. The van der Waals surface area contributed by atoms with Crippen LogP contribution in [0, 0.1) is 0 Å². The normalized spacial score (nSPS) is 11.6. The van der Waals surface area contributed by atoms with Crippen LogP contribution in [0.25, 0.3) is 28.5 Å². The summed E-state index contributed by atoms with van der Waals surface area (Å²) in [5.41, 5.74) is 4.14. The van der Waals surface area contributed by atoms with Crippen molar-refractivity contribution in [3.05, 3.63) is 114 Å². The average Bonchev–Trinajstić information content (AvgIpc) is 3.37. The molecule has 0 fully saturated rings. The molecule has 0 aliphatic carbocycles. The van der Waals surface area contributed by atoms with E-state index in [2.05, 4.69) is 15.3 Å². The van der Waals surface area contributed by atoms with Gasteiger partial charge in [-0.25, -0.2) is 13.4 Å². The number of H-pyrrole nitrogens is 1. The lowest BCUT2D eigenvalue weighted by Crippen LogP contribution is -2.26. The first-order chi connectivity index (χ1) is 18.3. The monoisotopic (exact) mass is 542 g/mol. The molecule has 0 aliphatic rings. The summed E-state index contributed by atoms with van der Waals surface area (Å²) in [6.45, 7) is 0. The van der Waals surface area contributed by atoms with Crippen LogP contribution >= 0.6 is 11.6 Å². The summed E-state index contributed by atoms with van der Waals surface area (Å²) >= 11 is 5.92. The lowest BCUT2D eigenvalue weighted by Gasteiger charge is -2.19. The number of amides is 1. The minimum absolute atomic E-state index is 0.104. The number of carbonyl (C=O) groups is 1. The van der Waals surface area contributed by atoms with E-state index in [0.717, 1.165) is 16.6 Å². The first-order valence-electron chi connectivity index (χ1n) is 11.7. The van der Waals surface area contributed by atoms with Gasteiger partial charge in [0.15, 0.2) is 0 Å². The van der Waals surface area contributed by atoms with Crippen molar-refractivity contribution in [1.82, 2.24) is 9.97 Å². The van der Waals surface area contributed by atoms with Gasteiger partial charge in [-0.2, -0.15) is 0 Å². The molecule has 1 heterocycles. The van der Waals surface area contributed by atoms with Crippen LogP contribution in [0.4, 0.5) is 11.4 Å². The van der Waals surface area contributed by atoms with Crippen LogP contribution in [0.5, 0.6) is 0 Å². The van der Waals surface area contributed by atoms with Gasteiger partial charge >= 0.3 is 0 Å². The molecule has 38 heavy (non-hydrogen) atoms. The number of nitrogens with zero attached hydrogens (tertiary/aromatic N) is 2. The lowest BCUT2D eigenvalue weighted by atomic mass is 10.1. The Morgan fingerprint density at radius 3 is 2.47 bits per heavy atom. The molecule has 5 rings (SSSR count). The summed E-state index contributed by atoms with van der Waals surface area (Å²) in [5, 5.41) is 3.41. The molecule has 0 aliphatic heterocycles. The third-order valence-electron chi connectivity index (χ3n) is 5.96. The number of hydrogen-bond donors (Lipinski definition) is 2. The molecule has 9 heteroatoms. The van der Waals surface area contributed by atoms with Gasteiger partial charge in [0.25, 0.3) is 10.0 Å². The third-order valence-corrected chi connectivity index (χ3v) is 8.00. The van der Waals surface area contributed by atoms with Gasteiger partial charge in [-0.3, -0.25) is 9.10 Å². The highest BCUT2D eigenvalue weighted by Crippen LogP contribution is 2.28. The number of sulfonamides is 1. The SMILES string of the molecule is CN(c1ccc(Cl)cc1)S(=O)(=O)c1cccc(/C=C/C(=O)Nc2ccccc2-c2nc3ccccc3[nH]2)c1. The number of aromatic amines is 1. The minimum atomic E-state index is -3.82. The zero-order valence-corrected chi connectivity index (χ0v) is 21.9. The van der Waals surface area contributed by atoms with E-state index in [1.807, 2.05) is 42.5 Å². The van der Waals surface area contributed by atoms with Crippen LogP contribution in [0.1, 0.15) is 5.56 Å². The standard InChI is InChI=1S/C29H23ClN4O3S/c1-34(22-16-14-21(30)15-17-22)38(36,37)23-8-6-7-20(19-23)13-18-28(35)31-25-10-3-2-9-24(25)29-32-26-11-4-5-12-27(26)33-29/h2-19H,1H3,(H,31,35)(H,32,33)/b18-13+. The molecule has 0 saturated carbocycles. The number of imidazole rings is 1. The second-order valence-corrected chi connectivity index (χ2v) is 10.9. The highest BCUT2D eigenvalue weighted by Gasteiger charge is 2.21. The van der Waals surface area contributed by atoms with Gasteiger partial charge in [-0.1, -0.05) is 48.0 Å².